The van der Waals surface area contributed by atoms with Gasteiger partial charge in [-0.05, 0) is 45.0 Å². The first-order valence-electron chi connectivity index (χ1n) is 9.45. The van der Waals surface area contributed by atoms with Crippen LogP contribution in [0.4, 0.5) is 10.5 Å². The van der Waals surface area contributed by atoms with E-state index in [-0.39, 0.29) is 17.2 Å². The highest BCUT2D eigenvalue weighted by molar-refractivity contribution is 6.12. The Morgan fingerprint density at radius 1 is 0.867 bits per heavy atom. The van der Waals surface area contributed by atoms with Crippen molar-refractivity contribution in [2.45, 2.75) is 32.9 Å². The minimum Gasteiger partial charge on any atom is -0.449 e. The van der Waals surface area contributed by atoms with Crippen LogP contribution in [0.25, 0.3) is 0 Å². The van der Waals surface area contributed by atoms with Gasteiger partial charge in [0.05, 0.1) is 11.1 Å². The van der Waals surface area contributed by atoms with Crippen molar-refractivity contribution in [3.63, 3.8) is 0 Å². The quantitative estimate of drug-likeness (QED) is 0.711. The molecule has 0 aromatic heterocycles. The summed E-state index contributed by atoms with van der Waals surface area (Å²) in [6.45, 7) is 4.83. The van der Waals surface area contributed by atoms with Gasteiger partial charge >= 0.3 is 12.0 Å². The van der Waals surface area contributed by atoms with E-state index in [0.29, 0.717) is 5.69 Å². The van der Waals surface area contributed by atoms with Crippen LogP contribution in [-0.4, -0.2) is 43.0 Å². The normalized spacial score (nSPS) is 11.4. The lowest BCUT2D eigenvalue weighted by Gasteiger charge is -2.19. The van der Waals surface area contributed by atoms with Crippen molar-refractivity contribution in [2.75, 3.05) is 11.9 Å². The summed E-state index contributed by atoms with van der Waals surface area (Å²) in [5.41, 5.74) is 0.824. The highest BCUT2D eigenvalue weighted by Crippen LogP contribution is 2.18. The van der Waals surface area contributed by atoms with Crippen LogP contribution in [0.1, 0.15) is 41.5 Å². The van der Waals surface area contributed by atoms with Gasteiger partial charge in [0, 0.05) is 18.8 Å². The number of amides is 4. The zero-order valence-electron chi connectivity index (χ0n) is 17.3. The Balaban J connectivity index is 2.12. The number of benzene rings is 2. The number of hydrogen-bond acceptors (Lipinski definition) is 5. The smallest absolute Gasteiger partial charge is 0.339 e. The molecular weight excluding hydrogens is 386 g/mol. The van der Waals surface area contributed by atoms with Crippen LogP contribution in [0.5, 0.6) is 0 Å². The van der Waals surface area contributed by atoms with Crippen LogP contribution in [-0.2, 0) is 9.53 Å². The average molecular weight is 411 g/mol. The van der Waals surface area contributed by atoms with Crippen molar-refractivity contribution in [2.24, 2.45) is 0 Å². The number of ether oxygens (including phenoxy) is 1. The molecule has 4 amide bonds. The lowest BCUT2D eigenvalue weighted by Crippen LogP contribution is -2.46. The van der Waals surface area contributed by atoms with Gasteiger partial charge in [-0.25, -0.2) is 9.59 Å². The number of anilines is 1. The summed E-state index contributed by atoms with van der Waals surface area (Å²) in [6, 6.07) is 14.3. The Morgan fingerprint density at radius 2 is 1.43 bits per heavy atom. The van der Waals surface area contributed by atoms with Crippen molar-refractivity contribution in [3.05, 3.63) is 65.7 Å². The van der Waals surface area contributed by atoms with Crippen LogP contribution in [0.15, 0.2) is 54.6 Å². The van der Waals surface area contributed by atoms with Crippen molar-refractivity contribution >= 4 is 29.5 Å². The third-order valence-electron chi connectivity index (χ3n) is 4.14. The maximum atomic E-state index is 12.9. The standard InChI is InChI=1S/C22H25N3O5/c1-14(2)23-22(29)24-19(26)15(3)30-21(28)18-13-9-8-12-17(18)20(27)25(4)16-10-6-5-7-11-16/h5-15H,1-4H3,(H2,23,24,26,29). The van der Waals surface area contributed by atoms with E-state index in [0.717, 1.165) is 0 Å². The monoisotopic (exact) mass is 411 g/mol. The van der Waals surface area contributed by atoms with Gasteiger partial charge in [0.25, 0.3) is 11.8 Å². The Labute approximate surface area is 175 Å². The Hall–Kier alpha value is -3.68. The topological polar surface area (TPSA) is 105 Å². The molecule has 1 atom stereocenters. The highest BCUT2D eigenvalue weighted by atomic mass is 16.5. The first-order chi connectivity index (χ1) is 14.2. The first kappa shape index (κ1) is 22.6. The van der Waals surface area contributed by atoms with E-state index < -0.39 is 29.9 Å². The number of para-hydroxylation sites is 1. The molecule has 0 spiro atoms. The van der Waals surface area contributed by atoms with Gasteiger partial charge in [-0.3, -0.25) is 14.9 Å². The van der Waals surface area contributed by atoms with Crippen LogP contribution in [0.3, 0.4) is 0 Å². The molecule has 0 aliphatic carbocycles. The molecule has 0 bridgehead atoms. The number of rotatable bonds is 6. The molecule has 8 nitrogen and oxygen atoms in total. The second-order valence-electron chi connectivity index (χ2n) is 6.91. The highest BCUT2D eigenvalue weighted by Gasteiger charge is 2.25. The van der Waals surface area contributed by atoms with E-state index in [2.05, 4.69) is 10.6 Å². The fraction of sp³-hybridized carbons (Fsp3) is 0.273. The molecule has 0 saturated carbocycles. The third kappa shape index (κ3) is 5.91. The zero-order valence-corrected chi connectivity index (χ0v) is 17.3. The summed E-state index contributed by atoms with van der Waals surface area (Å²) < 4.78 is 5.18. The van der Waals surface area contributed by atoms with Crippen molar-refractivity contribution in [1.29, 1.82) is 0 Å². The van der Waals surface area contributed by atoms with Gasteiger partial charge in [-0.1, -0.05) is 30.3 Å². The fourth-order valence-corrected chi connectivity index (χ4v) is 2.59. The number of esters is 1. The molecule has 2 N–H and O–H groups in total. The SMILES string of the molecule is CC(C)NC(=O)NC(=O)C(C)OC(=O)c1ccccc1C(=O)N(C)c1ccccc1. The average Bonchev–Trinajstić information content (AvgIpc) is 2.72. The predicted molar refractivity (Wildman–Crippen MR) is 112 cm³/mol. The largest absolute Gasteiger partial charge is 0.449 e. The van der Waals surface area contributed by atoms with Gasteiger partial charge in [-0.2, -0.15) is 0 Å². The van der Waals surface area contributed by atoms with Gasteiger partial charge in [0.2, 0.25) is 0 Å². The van der Waals surface area contributed by atoms with Gasteiger partial charge < -0.3 is 15.0 Å². The Morgan fingerprint density at radius 3 is 2.03 bits per heavy atom. The molecule has 0 aliphatic rings. The summed E-state index contributed by atoms with van der Waals surface area (Å²) >= 11 is 0. The number of carbonyl (C=O) groups excluding carboxylic acids is 4. The van der Waals surface area contributed by atoms with Crippen molar-refractivity contribution in [1.82, 2.24) is 10.6 Å². The van der Waals surface area contributed by atoms with Crippen LogP contribution in [0, 0.1) is 0 Å². The van der Waals surface area contributed by atoms with E-state index in [9.17, 15) is 19.2 Å². The lowest BCUT2D eigenvalue weighted by atomic mass is 10.1. The third-order valence-corrected chi connectivity index (χ3v) is 4.14. The fourth-order valence-electron chi connectivity index (χ4n) is 2.59. The Bertz CT molecular complexity index is 927. The number of nitrogens with one attached hydrogen (secondary N) is 2. The molecule has 0 fully saturated rings. The molecule has 0 radical (unpaired) electrons. The molecule has 30 heavy (non-hydrogen) atoms. The molecular formula is C22H25N3O5. The molecule has 2 rings (SSSR count). The van der Waals surface area contributed by atoms with Gasteiger partial charge in [0.1, 0.15) is 0 Å². The van der Waals surface area contributed by atoms with Crippen molar-refractivity contribution in [3.8, 4) is 0 Å². The van der Waals surface area contributed by atoms with Crippen LogP contribution >= 0.6 is 0 Å². The first-order valence-corrected chi connectivity index (χ1v) is 9.45. The molecule has 0 aliphatic heterocycles. The summed E-state index contributed by atoms with van der Waals surface area (Å²) in [5, 5.41) is 4.61. The number of imide groups is 1. The number of urea groups is 1. The summed E-state index contributed by atoms with van der Waals surface area (Å²) in [4.78, 5) is 50.7. The maximum Gasteiger partial charge on any atom is 0.339 e. The Kier molecular flexibility index (Phi) is 7.69. The van der Waals surface area contributed by atoms with Crippen LogP contribution in [0.2, 0.25) is 0 Å². The number of hydrogen-bond donors (Lipinski definition) is 2. The van der Waals surface area contributed by atoms with E-state index >= 15 is 0 Å². The van der Waals surface area contributed by atoms with E-state index in [1.807, 2.05) is 6.07 Å². The molecule has 1 unspecified atom stereocenters. The van der Waals surface area contributed by atoms with Crippen molar-refractivity contribution < 1.29 is 23.9 Å². The van der Waals surface area contributed by atoms with E-state index in [1.54, 1.807) is 57.3 Å². The molecule has 0 heterocycles. The summed E-state index contributed by atoms with van der Waals surface area (Å²) in [7, 11) is 1.60. The van der Waals surface area contributed by atoms with E-state index in [4.69, 9.17) is 4.74 Å². The predicted octanol–water partition coefficient (Wildman–Crippen LogP) is 2.74. The summed E-state index contributed by atoms with van der Waals surface area (Å²) in [5.74, 6) is -2.01. The molecule has 0 saturated heterocycles. The number of nitrogens with zero attached hydrogens (tertiary/aromatic N) is 1. The minimum absolute atomic E-state index is 0.0246. The maximum absolute atomic E-state index is 12.9. The van der Waals surface area contributed by atoms with Crippen LogP contribution < -0.4 is 15.5 Å². The molecule has 2 aromatic carbocycles. The number of carbonyl (C=O) groups is 4. The molecule has 8 heteroatoms. The van der Waals surface area contributed by atoms with E-state index in [1.165, 1.54) is 24.0 Å². The molecule has 2 aromatic rings. The molecule has 158 valence electrons. The second-order valence-corrected chi connectivity index (χ2v) is 6.91. The zero-order chi connectivity index (χ0) is 22.3. The minimum atomic E-state index is -1.23. The van der Waals surface area contributed by atoms with Gasteiger partial charge in [0.15, 0.2) is 6.10 Å². The second kappa shape index (κ2) is 10.2. The summed E-state index contributed by atoms with van der Waals surface area (Å²) in [6.07, 6.45) is -1.23. The van der Waals surface area contributed by atoms with Gasteiger partial charge in [-0.15, -0.1) is 0 Å². The lowest BCUT2D eigenvalue weighted by molar-refractivity contribution is -0.127.